The second kappa shape index (κ2) is 7.55. The number of rotatable bonds is 7. The third-order valence-electron chi connectivity index (χ3n) is 4.22. The van der Waals surface area contributed by atoms with Crippen molar-refractivity contribution in [1.82, 2.24) is 0 Å². The SMILES string of the molecule is CC(=O)C(CCC(=O)O)(Cc1ccccc1Br)c1ccccc1. The van der Waals surface area contributed by atoms with Gasteiger partial charge in [-0.3, -0.25) is 9.59 Å². The zero-order chi connectivity index (χ0) is 16.9. The number of aliphatic carboxylic acids is 1. The van der Waals surface area contributed by atoms with Crippen LogP contribution in [0.5, 0.6) is 0 Å². The number of carboxylic acids is 1. The summed E-state index contributed by atoms with van der Waals surface area (Å²) in [5.74, 6) is -0.903. The fraction of sp³-hybridized carbons (Fsp3) is 0.263. The van der Waals surface area contributed by atoms with E-state index in [2.05, 4.69) is 15.9 Å². The Morgan fingerprint density at radius 2 is 1.65 bits per heavy atom. The lowest BCUT2D eigenvalue weighted by atomic mass is 9.69. The molecule has 0 saturated carbocycles. The molecule has 1 unspecified atom stereocenters. The van der Waals surface area contributed by atoms with Crippen molar-refractivity contribution in [1.29, 1.82) is 0 Å². The molecule has 1 atom stereocenters. The first-order valence-electron chi connectivity index (χ1n) is 7.47. The van der Waals surface area contributed by atoms with Gasteiger partial charge in [0.2, 0.25) is 0 Å². The molecule has 120 valence electrons. The molecule has 2 aromatic rings. The molecule has 0 heterocycles. The minimum Gasteiger partial charge on any atom is -0.481 e. The number of halogens is 1. The Morgan fingerprint density at radius 3 is 2.22 bits per heavy atom. The van der Waals surface area contributed by atoms with Gasteiger partial charge < -0.3 is 5.11 Å². The first kappa shape index (κ1) is 17.4. The molecule has 0 aliphatic carbocycles. The number of carbonyl (C=O) groups excluding carboxylic acids is 1. The molecule has 1 N–H and O–H groups in total. The monoisotopic (exact) mass is 374 g/mol. The standard InChI is InChI=1S/C19H19BrO3/c1-14(21)19(12-11-18(22)23,16-8-3-2-4-9-16)13-15-7-5-6-10-17(15)20/h2-10H,11-13H2,1H3,(H,22,23). The van der Waals surface area contributed by atoms with Crippen LogP contribution < -0.4 is 0 Å². The van der Waals surface area contributed by atoms with E-state index in [9.17, 15) is 9.59 Å². The molecule has 0 aromatic heterocycles. The Kier molecular flexibility index (Phi) is 5.72. The van der Waals surface area contributed by atoms with Gasteiger partial charge in [0.15, 0.2) is 0 Å². The number of hydrogen-bond donors (Lipinski definition) is 1. The topological polar surface area (TPSA) is 54.4 Å². The van der Waals surface area contributed by atoms with Gasteiger partial charge in [-0.25, -0.2) is 0 Å². The Balaban J connectivity index is 2.50. The second-order valence-electron chi connectivity index (χ2n) is 5.67. The normalized spacial score (nSPS) is 13.3. The van der Waals surface area contributed by atoms with Crippen molar-refractivity contribution in [2.45, 2.75) is 31.6 Å². The smallest absolute Gasteiger partial charge is 0.303 e. The van der Waals surface area contributed by atoms with Crippen LogP contribution in [0.25, 0.3) is 0 Å². The van der Waals surface area contributed by atoms with Gasteiger partial charge in [-0.2, -0.15) is 0 Å². The number of Topliss-reactive ketones (excluding diaryl/α,β-unsaturated/α-hetero) is 1. The average Bonchev–Trinajstić information content (AvgIpc) is 2.53. The number of carboxylic acid groups (broad SMARTS) is 1. The van der Waals surface area contributed by atoms with Crippen molar-refractivity contribution in [3.63, 3.8) is 0 Å². The molecule has 4 heteroatoms. The minimum absolute atomic E-state index is 0.0132. The maximum atomic E-state index is 12.6. The van der Waals surface area contributed by atoms with Crippen molar-refractivity contribution in [3.8, 4) is 0 Å². The summed E-state index contributed by atoms with van der Waals surface area (Å²) in [6.07, 6.45) is 0.711. The number of carbonyl (C=O) groups is 2. The van der Waals surface area contributed by atoms with Crippen LogP contribution in [0.1, 0.15) is 30.9 Å². The van der Waals surface area contributed by atoms with E-state index in [1.807, 2.05) is 54.6 Å². The zero-order valence-electron chi connectivity index (χ0n) is 13.0. The van der Waals surface area contributed by atoms with E-state index in [4.69, 9.17) is 5.11 Å². The third-order valence-corrected chi connectivity index (χ3v) is 4.99. The summed E-state index contributed by atoms with van der Waals surface area (Å²) < 4.78 is 0.928. The molecule has 23 heavy (non-hydrogen) atoms. The molecule has 0 radical (unpaired) electrons. The lowest BCUT2D eigenvalue weighted by Crippen LogP contribution is -2.37. The van der Waals surface area contributed by atoms with Crippen LogP contribution in [0.4, 0.5) is 0 Å². The van der Waals surface area contributed by atoms with Gasteiger partial charge in [0.25, 0.3) is 0 Å². The molecule has 0 aliphatic rings. The molecule has 0 saturated heterocycles. The molecule has 0 fully saturated rings. The molecular formula is C19H19BrO3. The Morgan fingerprint density at radius 1 is 1.04 bits per heavy atom. The van der Waals surface area contributed by atoms with Gasteiger partial charge in [0, 0.05) is 10.9 Å². The molecule has 3 nitrogen and oxygen atoms in total. The lowest BCUT2D eigenvalue weighted by molar-refractivity contribution is -0.137. The van der Waals surface area contributed by atoms with Crippen molar-refractivity contribution < 1.29 is 14.7 Å². The fourth-order valence-electron chi connectivity index (χ4n) is 2.88. The predicted octanol–water partition coefficient (Wildman–Crippen LogP) is 4.38. The van der Waals surface area contributed by atoms with E-state index in [1.54, 1.807) is 6.92 Å². The van der Waals surface area contributed by atoms with Crippen LogP contribution in [0.2, 0.25) is 0 Å². The van der Waals surface area contributed by atoms with E-state index < -0.39 is 11.4 Å². The van der Waals surface area contributed by atoms with E-state index in [-0.39, 0.29) is 18.6 Å². The highest BCUT2D eigenvalue weighted by Gasteiger charge is 2.38. The molecule has 0 spiro atoms. The molecule has 0 aliphatic heterocycles. The van der Waals surface area contributed by atoms with Gasteiger partial charge in [0.05, 0.1) is 5.41 Å². The number of ketones is 1. The van der Waals surface area contributed by atoms with Gasteiger partial charge in [-0.15, -0.1) is 0 Å². The zero-order valence-corrected chi connectivity index (χ0v) is 14.5. The largest absolute Gasteiger partial charge is 0.481 e. The molecule has 2 aromatic carbocycles. The summed E-state index contributed by atoms with van der Waals surface area (Å²) in [5, 5.41) is 9.11. The maximum absolute atomic E-state index is 12.6. The summed E-state index contributed by atoms with van der Waals surface area (Å²) in [7, 11) is 0. The van der Waals surface area contributed by atoms with Crippen LogP contribution in [-0.4, -0.2) is 16.9 Å². The van der Waals surface area contributed by atoms with Crippen molar-refractivity contribution >= 4 is 27.7 Å². The van der Waals surface area contributed by atoms with E-state index in [0.717, 1.165) is 15.6 Å². The van der Waals surface area contributed by atoms with Crippen LogP contribution >= 0.6 is 15.9 Å². The Bertz CT molecular complexity index is 697. The predicted molar refractivity (Wildman–Crippen MR) is 93.5 cm³/mol. The molecule has 0 amide bonds. The molecule has 2 rings (SSSR count). The highest BCUT2D eigenvalue weighted by Crippen LogP contribution is 2.36. The van der Waals surface area contributed by atoms with Gasteiger partial charge >= 0.3 is 5.97 Å². The maximum Gasteiger partial charge on any atom is 0.303 e. The van der Waals surface area contributed by atoms with E-state index in [0.29, 0.717) is 6.42 Å². The summed E-state index contributed by atoms with van der Waals surface area (Å²) >= 11 is 3.52. The Labute approximate surface area is 144 Å². The highest BCUT2D eigenvalue weighted by atomic mass is 79.9. The van der Waals surface area contributed by atoms with Crippen LogP contribution in [0, 0.1) is 0 Å². The van der Waals surface area contributed by atoms with Crippen molar-refractivity contribution in [2.75, 3.05) is 0 Å². The van der Waals surface area contributed by atoms with Gasteiger partial charge in [-0.05, 0) is 37.0 Å². The average molecular weight is 375 g/mol. The molecule has 0 bridgehead atoms. The highest BCUT2D eigenvalue weighted by molar-refractivity contribution is 9.10. The second-order valence-corrected chi connectivity index (χ2v) is 6.52. The summed E-state index contributed by atoms with van der Waals surface area (Å²) in [6, 6.07) is 17.2. The first-order chi connectivity index (χ1) is 11.0. The van der Waals surface area contributed by atoms with Crippen LogP contribution in [0.15, 0.2) is 59.1 Å². The lowest BCUT2D eigenvalue weighted by Gasteiger charge is -2.32. The van der Waals surface area contributed by atoms with E-state index >= 15 is 0 Å². The quantitative estimate of drug-likeness (QED) is 0.781. The summed E-state index contributed by atoms with van der Waals surface area (Å²) in [4.78, 5) is 23.7. The molecular weight excluding hydrogens is 356 g/mol. The van der Waals surface area contributed by atoms with Gasteiger partial charge in [0.1, 0.15) is 5.78 Å². The van der Waals surface area contributed by atoms with Crippen molar-refractivity contribution in [3.05, 3.63) is 70.2 Å². The van der Waals surface area contributed by atoms with Crippen LogP contribution in [-0.2, 0) is 21.4 Å². The minimum atomic E-state index is -0.890. The number of hydrogen-bond acceptors (Lipinski definition) is 2. The van der Waals surface area contributed by atoms with Crippen molar-refractivity contribution in [2.24, 2.45) is 0 Å². The summed E-state index contributed by atoms with van der Waals surface area (Å²) in [6.45, 7) is 1.55. The van der Waals surface area contributed by atoms with Crippen LogP contribution in [0.3, 0.4) is 0 Å². The Hall–Kier alpha value is -1.94. The fourth-order valence-corrected chi connectivity index (χ4v) is 3.31. The van der Waals surface area contributed by atoms with Gasteiger partial charge in [-0.1, -0.05) is 64.5 Å². The third kappa shape index (κ3) is 4.08. The summed E-state index contributed by atoms with van der Waals surface area (Å²) in [5.41, 5.74) is 1.03. The first-order valence-corrected chi connectivity index (χ1v) is 8.27. The van der Waals surface area contributed by atoms with E-state index in [1.165, 1.54) is 0 Å². The number of benzene rings is 2.